The first-order chi connectivity index (χ1) is 15.1. The summed E-state index contributed by atoms with van der Waals surface area (Å²) in [6, 6.07) is 15.4. The fourth-order valence-corrected chi connectivity index (χ4v) is 5.21. The second-order valence-corrected chi connectivity index (χ2v) is 9.58. The van der Waals surface area contributed by atoms with Crippen molar-refractivity contribution < 1.29 is 0 Å². The summed E-state index contributed by atoms with van der Waals surface area (Å²) in [6.07, 6.45) is 3.87. The highest BCUT2D eigenvalue weighted by molar-refractivity contribution is 7.81. The number of thiol groups is 1. The zero-order valence-corrected chi connectivity index (χ0v) is 18.6. The Balaban J connectivity index is 1.61. The maximum atomic E-state index is 13.6. The van der Waals surface area contributed by atoms with Gasteiger partial charge in [-0.2, -0.15) is 12.6 Å². The molecule has 1 saturated carbocycles. The van der Waals surface area contributed by atoms with Gasteiger partial charge in [0.2, 0.25) is 0 Å². The zero-order valence-electron chi connectivity index (χ0n) is 16.1. The molecule has 6 rings (SSSR count). The van der Waals surface area contributed by atoms with Crippen LogP contribution in [-0.4, -0.2) is 24.1 Å². The fraction of sp³-hybridized carbons (Fsp3) is 0.182. The molecule has 9 heteroatoms. The molecule has 1 unspecified atom stereocenters. The molecular weight excluding hydrogens is 450 g/mol. The quantitative estimate of drug-likeness (QED) is 0.370. The Bertz CT molecular complexity index is 1470. The number of para-hydroxylation sites is 1. The molecule has 5 aromatic rings. The van der Waals surface area contributed by atoms with Gasteiger partial charge in [0.25, 0.3) is 5.56 Å². The van der Waals surface area contributed by atoms with Crippen molar-refractivity contribution >= 4 is 56.9 Å². The molecule has 2 aromatic carbocycles. The Hall–Kier alpha value is -2.68. The standard InChI is InChI=1S/C22H16ClN5OS2/c23-12-5-7-14(8-6-12)28-20(18(30)21-25-15-3-1-2-4-16(15)31-21)26-19-17(22(28)29)24-11-27(19)13-9-10-13/h1-8,11,13,18,30H,9-10H2. The molecule has 1 fully saturated rings. The summed E-state index contributed by atoms with van der Waals surface area (Å²) < 4.78 is 4.65. The van der Waals surface area contributed by atoms with Crippen LogP contribution in [0.4, 0.5) is 0 Å². The third-order valence-corrected chi connectivity index (χ3v) is 7.44. The first-order valence-corrected chi connectivity index (χ1v) is 11.6. The summed E-state index contributed by atoms with van der Waals surface area (Å²) in [5, 5.41) is 0.905. The lowest BCUT2D eigenvalue weighted by Crippen LogP contribution is -2.25. The predicted octanol–water partition coefficient (Wildman–Crippen LogP) is 5.20. The van der Waals surface area contributed by atoms with Gasteiger partial charge in [-0.25, -0.2) is 15.0 Å². The van der Waals surface area contributed by atoms with E-state index in [0.717, 1.165) is 28.1 Å². The number of benzene rings is 2. The Labute approximate surface area is 191 Å². The molecule has 1 aliphatic carbocycles. The highest BCUT2D eigenvalue weighted by Crippen LogP contribution is 2.38. The lowest BCUT2D eigenvalue weighted by Gasteiger charge is -2.16. The predicted molar refractivity (Wildman–Crippen MR) is 127 cm³/mol. The largest absolute Gasteiger partial charge is 0.312 e. The summed E-state index contributed by atoms with van der Waals surface area (Å²) >= 11 is 12.5. The van der Waals surface area contributed by atoms with Crippen molar-refractivity contribution in [3.05, 3.63) is 81.1 Å². The van der Waals surface area contributed by atoms with E-state index >= 15 is 0 Å². The number of thiazole rings is 1. The molecule has 0 amide bonds. The number of fused-ring (bicyclic) bond motifs is 2. The van der Waals surface area contributed by atoms with Gasteiger partial charge in [0.05, 0.1) is 22.2 Å². The second-order valence-electron chi connectivity index (χ2n) is 7.56. The monoisotopic (exact) mass is 465 g/mol. The van der Waals surface area contributed by atoms with Crippen LogP contribution < -0.4 is 5.56 Å². The average molecular weight is 466 g/mol. The molecule has 154 valence electrons. The number of hydrogen-bond donors (Lipinski definition) is 1. The zero-order chi connectivity index (χ0) is 21.1. The van der Waals surface area contributed by atoms with Crippen LogP contribution in [0.1, 0.15) is 35.0 Å². The Kier molecular flexibility index (Phi) is 4.41. The van der Waals surface area contributed by atoms with Gasteiger partial charge in [-0.05, 0) is 49.2 Å². The molecule has 3 heterocycles. The van der Waals surface area contributed by atoms with E-state index < -0.39 is 5.25 Å². The molecule has 0 radical (unpaired) electrons. The summed E-state index contributed by atoms with van der Waals surface area (Å²) in [4.78, 5) is 27.6. The molecule has 0 aliphatic heterocycles. The molecule has 6 nitrogen and oxygen atoms in total. The maximum Gasteiger partial charge on any atom is 0.286 e. The molecule has 1 atom stereocenters. The van der Waals surface area contributed by atoms with Gasteiger partial charge in [-0.15, -0.1) is 11.3 Å². The first-order valence-electron chi connectivity index (χ1n) is 9.89. The lowest BCUT2D eigenvalue weighted by atomic mass is 10.2. The van der Waals surface area contributed by atoms with Gasteiger partial charge in [0.1, 0.15) is 16.1 Å². The van der Waals surface area contributed by atoms with E-state index in [1.165, 1.54) is 0 Å². The number of aromatic nitrogens is 5. The van der Waals surface area contributed by atoms with Crippen molar-refractivity contribution in [1.29, 1.82) is 0 Å². The maximum absolute atomic E-state index is 13.6. The van der Waals surface area contributed by atoms with Crippen LogP contribution in [0, 0.1) is 0 Å². The normalized spacial score (nSPS) is 15.0. The molecule has 0 spiro atoms. The van der Waals surface area contributed by atoms with Crippen LogP contribution in [0.5, 0.6) is 0 Å². The molecule has 0 N–H and O–H groups in total. The molecular formula is C22H16ClN5OS2. The molecule has 1 aliphatic rings. The van der Waals surface area contributed by atoms with Gasteiger partial charge in [0.15, 0.2) is 11.2 Å². The van der Waals surface area contributed by atoms with Crippen molar-refractivity contribution in [2.45, 2.75) is 24.1 Å². The second kappa shape index (κ2) is 7.19. The topological polar surface area (TPSA) is 65.6 Å². The van der Waals surface area contributed by atoms with E-state index in [9.17, 15) is 4.79 Å². The summed E-state index contributed by atoms with van der Waals surface area (Å²) in [7, 11) is 0. The van der Waals surface area contributed by atoms with Crippen molar-refractivity contribution in [3.8, 4) is 5.69 Å². The number of rotatable bonds is 4. The van der Waals surface area contributed by atoms with E-state index in [2.05, 4.69) is 4.98 Å². The smallest absolute Gasteiger partial charge is 0.286 e. The molecule has 0 saturated heterocycles. The van der Waals surface area contributed by atoms with Gasteiger partial charge in [-0.1, -0.05) is 23.7 Å². The minimum Gasteiger partial charge on any atom is -0.312 e. The highest BCUT2D eigenvalue weighted by atomic mass is 35.5. The number of hydrogen-bond acceptors (Lipinski definition) is 6. The van der Waals surface area contributed by atoms with Crippen LogP contribution >= 0.6 is 35.6 Å². The SMILES string of the molecule is O=c1c2ncn(C3CC3)c2nc(C(S)c2nc3ccccc3s2)n1-c1ccc(Cl)cc1. The van der Waals surface area contributed by atoms with Crippen LogP contribution in [-0.2, 0) is 0 Å². The third kappa shape index (κ3) is 3.17. The van der Waals surface area contributed by atoms with E-state index in [4.69, 9.17) is 34.2 Å². The first kappa shape index (κ1) is 19.0. The molecule has 31 heavy (non-hydrogen) atoms. The van der Waals surface area contributed by atoms with E-state index in [1.54, 1.807) is 46.5 Å². The Morgan fingerprint density at radius 3 is 2.61 bits per heavy atom. The minimum atomic E-state index is -0.479. The van der Waals surface area contributed by atoms with Crippen LogP contribution in [0.25, 0.3) is 27.1 Å². The average Bonchev–Trinajstić information content (AvgIpc) is 3.38. The van der Waals surface area contributed by atoms with Crippen molar-refractivity contribution in [2.75, 3.05) is 0 Å². The number of nitrogens with zero attached hydrogens (tertiary/aromatic N) is 5. The molecule has 0 bridgehead atoms. The van der Waals surface area contributed by atoms with Crippen LogP contribution in [0.3, 0.4) is 0 Å². The third-order valence-electron chi connectivity index (χ3n) is 5.44. The summed E-state index contributed by atoms with van der Waals surface area (Å²) in [5.41, 5.74) is 2.32. The van der Waals surface area contributed by atoms with Crippen molar-refractivity contribution in [1.82, 2.24) is 24.1 Å². The van der Waals surface area contributed by atoms with Crippen LogP contribution in [0.2, 0.25) is 5.02 Å². The van der Waals surface area contributed by atoms with Gasteiger partial charge < -0.3 is 4.57 Å². The number of imidazole rings is 1. The van der Waals surface area contributed by atoms with Gasteiger partial charge in [0, 0.05) is 11.1 Å². The molecule has 3 aromatic heterocycles. The lowest BCUT2D eigenvalue weighted by molar-refractivity contribution is 0.746. The Morgan fingerprint density at radius 2 is 1.87 bits per heavy atom. The van der Waals surface area contributed by atoms with Crippen LogP contribution in [0.15, 0.2) is 59.7 Å². The Morgan fingerprint density at radius 1 is 1.10 bits per heavy atom. The van der Waals surface area contributed by atoms with Crippen molar-refractivity contribution in [2.24, 2.45) is 0 Å². The summed E-state index contributed by atoms with van der Waals surface area (Å²) in [6.45, 7) is 0. The minimum absolute atomic E-state index is 0.220. The highest BCUT2D eigenvalue weighted by Gasteiger charge is 2.29. The summed E-state index contributed by atoms with van der Waals surface area (Å²) in [5.74, 6) is 0.518. The number of halogens is 1. The van der Waals surface area contributed by atoms with E-state index in [-0.39, 0.29) is 5.56 Å². The van der Waals surface area contributed by atoms with Gasteiger partial charge in [-0.3, -0.25) is 9.36 Å². The van der Waals surface area contributed by atoms with Crippen molar-refractivity contribution in [3.63, 3.8) is 0 Å². The fourth-order valence-electron chi connectivity index (χ4n) is 3.75. The van der Waals surface area contributed by atoms with Gasteiger partial charge >= 0.3 is 0 Å². The van der Waals surface area contributed by atoms with E-state index in [0.29, 0.717) is 33.7 Å². The van der Waals surface area contributed by atoms with E-state index in [1.807, 2.05) is 28.8 Å².